The van der Waals surface area contributed by atoms with Crippen LogP contribution in [0.1, 0.15) is 89.8 Å². The highest BCUT2D eigenvalue weighted by Gasteiger charge is 2.56. The molecule has 2 fully saturated rings. The molecule has 0 spiro atoms. The van der Waals surface area contributed by atoms with Crippen LogP contribution in [0, 0.1) is 0 Å². The Morgan fingerprint density at radius 3 is 0.848 bits per heavy atom. The van der Waals surface area contributed by atoms with Gasteiger partial charge in [-0.2, -0.15) is 0 Å². The van der Waals surface area contributed by atoms with Crippen LogP contribution in [0.4, 0.5) is 0 Å². The molecule has 1 unspecified atom stereocenters. The van der Waals surface area contributed by atoms with E-state index in [1.807, 2.05) is 6.92 Å². The van der Waals surface area contributed by atoms with Gasteiger partial charge in [-0.15, -0.1) is 0 Å². The van der Waals surface area contributed by atoms with Crippen molar-refractivity contribution in [1.29, 1.82) is 0 Å². The molecule has 105 heavy (non-hydrogen) atoms. The minimum Gasteiger partial charge on any atom is -0.459 e. The van der Waals surface area contributed by atoms with Crippen LogP contribution in [-0.4, -0.2) is 195 Å². The lowest BCUT2D eigenvalue weighted by Crippen LogP contribution is -2.64. The van der Waals surface area contributed by atoms with Crippen LogP contribution in [0.25, 0.3) is 0 Å². The van der Waals surface area contributed by atoms with Gasteiger partial charge in [0, 0.05) is 6.61 Å². The monoisotopic (exact) mass is 1440 g/mol. The average molecular weight is 1440 g/mol. The van der Waals surface area contributed by atoms with Crippen molar-refractivity contribution >= 4 is 47.8 Å². The molecule has 2 aliphatic rings. The van der Waals surface area contributed by atoms with Crippen LogP contribution >= 0.6 is 0 Å². The smallest absolute Gasteiger partial charge is 0.338 e. The van der Waals surface area contributed by atoms with Gasteiger partial charge < -0.3 is 80.5 Å². The van der Waals surface area contributed by atoms with Crippen molar-refractivity contribution in [2.45, 2.75) is 74.6 Å². The van der Waals surface area contributed by atoms with Gasteiger partial charge in [0.25, 0.3) is 0 Å². The van der Waals surface area contributed by atoms with E-state index in [-0.39, 0.29) is 77.5 Å². The zero-order valence-electron chi connectivity index (χ0n) is 57.1. The van der Waals surface area contributed by atoms with Gasteiger partial charge in [0.15, 0.2) is 49.2 Å². The summed E-state index contributed by atoms with van der Waals surface area (Å²) in [5, 5.41) is 0. The highest BCUT2D eigenvalue weighted by Crippen LogP contribution is 2.35. The maximum atomic E-state index is 14.7. The van der Waals surface area contributed by atoms with Crippen molar-refractivity contribution in [2.24, 2.45) is 0 Å². The number of hydrogen-bond acceptors (Lipinski definition) is 25. The molecule has 0 aromatic heterocycles. The zero-order chi connectivity index (χ0) is 73.4. The Morgan fingerprint density at radius 2 is 0.543 bits per heavy atom. The van der Waals surface area contributed by atoms with Gasteiger partial charge in [0.1, 0.15) is 32.0 Å². The Kier molecular flexibility index (Phi) is 29.9. The molecule has 8 aromatic carbocycles. The van der Waals surface area contributed by atoms with E-state index >= 15 is 0 Å². The van der Waals surface area contributed by atoms with Crippen LogP contribution in [0.15, 0.2) is 243 Å². The minimum absolute atomic E-state index is 0.00250. The first-order valence-electron chi connectivity index (χ1n) is 33.9. The Morgan fingerprint density at radius 1 is 0.295 bits per heavy atom. The van der Waals surface area contributed by atoms with Crippen molar-refractivity contribution in [1.82, 2.24) is 0 Å². The molecule has 0 radical (unpaired) electrons. The Hall–Kier alpha value is -10.8. The molecule has 2 saturated heterocycles. The van der Waals surface area contributed by atoms with Gasteiger partial charge in [0.05, 0.1) is 97.4 Å². The van der Waals surface area contributed by atoms with E-state index in [1.165, 1.54) is 97.1 Å². The molecule has 8 aromatic rings. The van der Waals surface area contributed by atoms with E-state index < -0.39 is 135 Å². The summed E-state index contributed by atoms with van der Waals surface area (Å²) >= 11 is 0. The molecule has 0 aliphatic carbocycles. The predicted molar refractivity (Wildman–Crippen MR) is 370 cm³/mol. The second-order valence-corrected chi connectivity index (χ2v) is 23.2. The van der Waals surface area contributed by atoms with E-state index in [4.69, 9.17) is 80.5 Å². The normalized spacial score (nSPS) is 20.0. The maximum absolute atomic E-state index is 14.7. The number of carbonyl (C=O) groups is 8. The summed E-state index contributed by atoms with van der Waals surface area (Å²) < 4.78 is 106. The Labute approximate surface area is 605 Å². The lowest BCUT2D eigenvalue weighted by Gasteiger charge is -2.45. The van der Waals surface area contributed by atoms with E-state index in [9.17, 15) is 38.4 Å². The second kappa shape index (κ2) is 40.9. The summed E-state index contributed by atoms with van der Waals surface area (Å²) in [7, 11) is 0. The number of hydrogen-bond donors (Lipinski definition) is 0. The topological polar surface area (TPSA) is 293 Å². The predicted octanol–water partition coefficient (Wildman–Crippen LogP) is 9.97. The standard InChI is InChI=1S/C80H78O25/c1-2-89-43-44-90-45-46-91-47-48-92-49-50-93-64(99-80-70(105-78(88)61-41-25-10-26-42-61)68(103-76(86)59-37-21-8-22-38-59)66(101-74(84)57-33-17-6-18-34-57)63(98-80)52-95-72(82)55-29-13-4-14-30-55)53-96-79-69(104-77(87)60-39-23-9-24-40-60)67(102-75(85)58-35-19-7-20-36-58)65(100-73(83)56-31-15-5-16-32-56)62(97-79)51-94-71(81)54-27-11-3-12-28-54/h3-42,62-70,79-80H,2,43-53H2,1H3/t62-,63-,64?,65-,66-,67+,68+,69-,70-,79-,80+/m1/s1. The van der Waals surface area contributed by atoms with E-state index in [0.29, 0.717) is 26.4 Å². The maximum Gasteiger partial charge on any atom is 0.338 e. The molecule has 0 N–H and O–H groups in total. The Balaban J connectivity index is 1.05. The van der Waals surface area contributed by atoms with Crippen molar-refractivity contribution < 1.29 is 119 Å². The molecule has 0 saturated carbocycles. The van der Waals surface area contributed by atoms with Crippen LogP contribution < -0.4 is 0 Å². The molecule has 10 rings (SSSR count). The molecular weight excluding hydrogens is 1360 g/mol. The fraction of sp³-hybridized carbons (Fsp3) is 0.300. The first-order valence-corrected chi connectivity index (χ1v) is 33.9. The number of rotatable bonds is 37. The summed E-state index contributed by atoms with van der Waals surface area (Å²) in [6.45, 7) is 1.21. The van der Waals surface area contributed by atoms with Crippen molar-refractivity contribution in [3.05, 3.63) is 287 Å². The number of carbonyl (C=O) groups excluding carboxylic acids is 8. The lowest BCUT2D eigenvalue weighted by atomic mass is 9.97. The van der Waals surface area contributed by atoms with Crippen LogP contribution in [0.2, 0.25) is 0 Å². The quantitative estimate of drug-likeness (QED) is 0.0151. The fourth-order valence-electron chi connectivity index (χ4n) is 10.8. The molecule has 25 nitrogen and oxygen atoms in total. The minimum atomic E-state index is -2.01. The summed E-state index contributed by atoms with van der Waals surface area (Å²) in [6.07, 6.45) is -20.3. The molecular formula is C80H78O25. The average Bonchev–Trinajstić information content (AvgIpc) is 0.798. The van der Waals surface area contributed by atoms with E-state index in [0.717, 1.165) is 0 Å². The first-order chi connectivity index (χ1) is 51.4. The van der Waals surface area contributed by atoms with Crippen molar-refractivity contribution in [3.63, 3.8) is 0 Å². The van der Waals surface area contributed by atoms with E-state index in [1.54, 1.807) is 146 Å². The van der Waals surface area contributed by atoms with Crippen molar-refractivity contribution in [3.8, 4) is 0 Å². The fourth-order valence-corrected chi connectivity index (χ4v) is 10.8. The third-order valence-corrected chi connectivity index (χ3v) is 16.0. The zero-order valence-corrected chi connectivity index (χ0v) is 57.1. The number of ether oxygens (including phenoxy) is 17. The third-order valence-electron chi connectivity index (χ3n) is 16.0. The molecule has 0 bridgehead atoms. The van der Waals surface area contributed by atoms with Gasteiger partial charge in [-0.25, -0.2) is 38.4 Å². The molecule has 2 heterocycles. The number of esters is 8. The van der Waals surface area contributed by atoms with Crippen LogP contribution in [0.3, 0.4) is 0 Å². The SMILES string of the molecule is CCOCCOCCOCCOCCOC(CO[C@@H]1O[C@H](COC(=O)c2ccccc2)[C@@H](OC(=O)c2ccccc2)[C@H](OC(=O)c2ccccc2)[C@H]1OC(=O)c1ccccc1)O[C@@H]1O[C@H](COC(=O)c2ccccc2)[C@@H](OC(=O)c2ccccc2)[C@H](OC(=O)c2ccccc2)[C@H]1OC(=O)c1ccccc1. The molecule has 25 heteroatoms. The summed E-state index contributed by atoms with van der Waals surface area (Å²) in [5.41, 5.74) is 0.352. The van der Waals surface area contributed by atoms with Gasteiger partial charge in [-0.05, 0) is 104 Å². The summed E-state index contributed by atoms with van der Waals surface area (Å²) in [6, 6.07) is 62.3. The van der Waals surface area contributed by atoms with Gasteiger partial charge in [0.2, 0.25) is 6.29 Å². The summed E-state index contributed by atoms with van der Waals surface area (Å²) in [4.78, 5) is 115. The first kappa shape index (κ1) is 76.8. The highest BCUT2D eigenvalue weighted by molar-refractivity contribution is 5.93. The molecule has 11 atom stereocenters. The second-order valence-electron chi connectivity index (χ2n) is 23.2. The molecule has 2 aliphatic heterocycles. The van der Waals surface area contributed by atoms with E-state index in [2.05, 4.69) is 0 Å². The highest BCUT2D eigenvalue weighted by atomic mass is 16.8. The number of benzene rings is 8. The van der Waals surface area contributed by atoms with Crippen LogP contribution in [-0.2, 0) is 80.5 Å². The molecule has 0 amide bonds. The van der Waals surface area contributed by atoms with Gasteiger partial charge >= 0.3 is 47.8 Å². The Bertz CT molecular complexity index is 3990. The van der Waals surface area contributed by atoms with Gasteiger partial charge in [-0.1, -0.05) is 146 Å². The lowest BCUT2D eigenvalue weighted by molar-refractivity contribution is -0.353. The van der Waals surface area contributed by atoms with Crippen LogP contribution in [0.5, 0.6) is 0 Å². The largest absolute Gasteiger partial charge is 0.459 e. The van der Waals surface area contributed by atoms with Gasteiger partial charge in [-0.3, -0.25) is 0 Å². The van der Waals surface area contributed by atoms with Crippen molar-refractivity contribution in [2.75, 3.05) is 79.3 Å². The summed E-state index contributed by atoms with van der Waals surface area (Å²) in [5.74, 6) is -7.62. The third kappa shape index (κ3) is 23.1. The molecule has 548 valence electrons.